The summed E-state index contributed by atoms with van der Waals surface area (Å²) in [4.78, 5) is 21.9. The molecular formula is C13H18N4O3. The van der Waals surface area contributed by atoms with E-state index in [-0.39, 0.29) is 17.8 Å². The third-order valence-corrected chi connectivity index (χ3v) is 3.29. The molecule has 1 saturated heterocycles. The summed E-state index contributed by atoms with van der Waals surface area (Å²) in [6.07, 6.45) is 1.80. The van der Waals surface area contributed by atoms with Crippen LogP contribution in [0.5, 0.6) is 0 Å². The molecule has 7 heteroatoms. The fourth-order valence-electron chi connectivity index (χ4n) is 2.28. The predicted octanol–water partition coefficient (Wildman–Crippen LogP) is 1.86. The van der Waals surface area contributed by atoms with Gasteiger partial charge >= 0.3 is 6.03 Å². The van der Waals surface area contributed by atoms with Gasteiger partial charge in [0.1, 0.15) is 0 Å². The van der Waals surface area contributed by atoms with Gasteiger partial charge in [0.15, 0.2) is 0 Å². The SMILES string of the molecule is CC1CC(NC(=O)Nc2ccc([N+](=O)[O-])cc2)CCN1. The summed E-state index contributed by atoms with van der Waals surface area (Å²) in [6.45, 7) is 2.98. The van der Waals surface area contributed by atoms with E-state index in [0.29, 0.717) is 11.7 Å². The Morgan fingerprint density at radius 1 is 1.40 bits per heavy atom. The number of nitro groups is 1. The van der Waals surface area contributed by atoms with Gasteiger partial charge in [0.05, 0.1) is 4.92 Å². The second-order valence-electron chi connectivity index (χ2n) is 4.98. The number of nitro benzene ring substituents is 1. The van der Waals surface area contributed by atoms with Crippen molar-refractivity contribution in [1.82, 2.24) is 10.6 Å². The maximum atomic E-state index is 11.8. The number of benzene rings is 1. The fraction of sp³-hybridized carbons (Fsp3) is 0.462. The van der Waals surface area contributed by atoms with Crippen LogP contribution in [-0.2, 0) is 0 Å². The number of nitrogens with one attached hydrogen (secondary N) is 3. The minimum atomic E-state index is -0.472. The van der Waals surface area contributed by atoms with Crippen LogP contribution < -0.4 is 16.0 Å². The van der Waals surface area contributed by atoms with Crippen LogP contribution in [0.1, 0.15) is 19.8 Å². The van der Waals surface area contributed by atoms with E-state index in [0.717, 1.165) is 19.4 Å². The summed E-state index contributed by atoms with van der Waals surface area (Å²) in [5.74, 6) is 0. The summed E-state index contributed by atoms with van der Waals surface area (Å²) >= 11 is 0. The van der Waals surface area contributed by atoms with E-state index in [2.05, 4.69) is 22.9 Å². The van der Waals surface area contributed by atoms with Crippen LogP contribution in [0.4, 0.5) is 16.2 Å². The number of hydrogen-bond donors (Lipinski definition) is 3. The molecule has 1 aromatic rings. The molecule has 0 saturated carbocycles. The Labute approximate surface area is 116 Å². The number of carbonyl (C=O) groups is 1. The minimum absolute atomic E-state index is 0.00291. The lowest BCUT2D eigenvalue weighted by atomic mass is 10.0. The van der Waals surface area contributed by atoms with Crippen molar-refractivity contribution in [3.8, 4) is 0 Å². The molecule has 1 aliphatic heterocycles. The third-order valence-electron chi connectivity index (χ3n) is 3.29. The van der Waals surface area contributed by atoms with Gasteiger partial charge in [-0.25, -0.2) is 4.79 Å². The molecule has 108 valence electrons. The molecule has 0 aliphatic carbocycles. The highest BCUT2D eigenvalue weighted by molar-refractivity contribution is 5.89. The molecule has 20 heavy (non-hydrogen) atoms. The highest BCUT2D eigenvalue weighted by atomic mass is 16.6. The molecule has 2 unspecified atom stereocenters. The summed E-state index contributed by atoms with van der Waals surface area (Å²) < 4.78 is 0. The van der Waals surface area contributed by atoms with Crippen molar-refractivity contribution >= 4 is 17.4 Å². The van der Waals surface area contributed by atoms with Gasteiger partial charge in [0.2, 0.25) is 0 Å². The van der Waals surface area contributed by atoms with Gasteiger partial charge in [-0.1, -0.05) is 0 Å². The van der Waals surface area contributed by atoms with Crippen LogP contribution in [0.3, 0.4) is 0 Å². The topological polar surface area (TPSA) is 96.3 Å². The largest absolute Gasteiger partial charge is 0.335 e. The molecular weight excluding hydrogens is 260 g/mol. The van der Waals surface area contributed by atoms with Gasteiger partial charge in [0, 0.05) is 29.9 Å². The van der Waals surface area contributed by atoms with Crippen molar-refractivity contribution in [1.29, 1.82) is 0 Å². The minimum Gasteiger partial charge on any atom is -0.335 e. The zero-order valence-electron chi connectivity index (χ0n) is 11.3. The van der Waals surface area contributed by atoms with Crippen molar-refractivity contribution in [2.45, 2.75) is 31.8 Å². The van der Waals surface area contributed by atoms with Gasteiger partial charge in [-0.2, -0.15) is 0 Å². The number of hydrogen-bond acceptors (Lipinski definition) is 4. The molecule has 2 atom stereocenters. The van der Waals surface area contributed by atoms with Gasteiger partial charge in [-0.05, 0) is 38.4 Å². The lowest BCUT2D eigenvalue weighted by molar-refractivity contribution is -0.384. The standard InChI is InChI=1S/C13H18N4O3/c1-9-8-11(6-7-14-9)16-13(18)15-10-2-4-12(5-3-10)17(19)20/h2-5,9,11,14H,6-8H2,1H3,(H2,15,16,18). The quantitative estimate of drug-likeness (QED) is 0.580. The molecule has 0 bridgehead atoms. The first kappa shape index (κ1) is 14.3. The number of piperidine rings is 1. The molecule has 7 nitrogen and oxygen atoms in total. The fourth-order valence-corrected chi connectivity index (χ4v) is 2.28. The van der Waals surface area contributed by atoms with Gasteiger partial charge in [-0.3, -0.25) is 10.1 Å². The molecule has 1 aliphatic rings. The van der Waals surface area contributed by atoms with E-state index >= 15 is 0 Å². The van der Waals surface area contributed by atoms with E-state index in [4.69, 9.17) is 0 Å². The van der Waals surface area contributed by atoms with Crippen molar-refractivity contribution in [3.05, 3.63) is 34.4 Å². The number of nitrogens with zero attached hydrogens (tertiary/aromatic N) is 1. The summed E-state index contributed by atoms with van der Waals surface area (Å²) in [5, 5.41) is 19.4. The molecule has 3 N–H and O–H groups in total. The van der Waals surface area contributed by atoms with E-state index in [1.165, 1.54) is 24.3 Å². The number of anilines is 1. The monoisotopic (exact) mass is 278 g/mol. The highest BCUT2D eigenvalue weighted by Gasteiger charge is 2.19. The first-order valence-corrected chi connectivity index (χ1v) is 6.60. The van der Waals surface area contributed by atoms with E-state index in [1.54, 1.807) is 0 Å². The predicted molar refractivity (Wildman–Crippen MR) is 75.7 cm³/mol. The maximum Gasteiger partial charge on any atom is 0.319 e. The van der Waals surface area contributed by atoms with Crippen LogP contribution in [0, 0.1) is 10.1 Å². The number of carbonyl (C=O) groups excluding carboxylic acids is 1. The molecule has 2 rings (SSSR count). The Balaban J connectivity index is 1.86. The first-order chi connectivity index (χ1) is 9.54. The molecule has 0 radical (unpaired) electrons. The second-order valence-corrected chi connectivity index (χ2v) is 4.98. The Kier molecular flexibility index (Phi) is 4.52. The normalized spacial score (nSPS) is 22.1. The Hall–Kier alpha value is -2.15. The van der Waals surface area contributed by atoms with E-state index in [1.807, 2.05) is 0 Å². The summed E-state index contributed by atoms with van der Waals surface area (Å²) in [6, 6.07) is 6.03. The number of rotatable bonds is 3. The first-order valence-electron chi connectivity index (χ1n) is 6.60. The van der Waals surface area contributed by atoms with Crippen molar-refractivity contribution in [2.24, 2.45) is 0 Å². The van der Waals surface area contributed by atoms with E-state index < -0.39 is 4.92 Å². The number of non-ortho nitro benzene ring substituents is 1. The summed E-state index contributed by atoms with van der Waals surface area (Å²) in [7, 11) is 0. The molecule has 1 fully saturated rings. The van der Waals surface area contributed by atoms with Gasteiger partial charge in [0.25, 0.3) is 5.69 Å². The van der Waals surface area contributed by atoms with E-state index in [9.17, 15) is 14.9 Å². The summed E-state index contributed by atoms with van der Waals surface area (Å²) in [5.41, 5.74) is 0.540. The average Bonchev–Trinajstić information content (AvgIpc) is 2.39. The van der Waals surface area contributed by atoms with Crippen LogP contribution in [0.25, 0.3) is 0 Å². The molecule has 1 heterocycles. The molecule has 0 aromatic heterocycles. The smallest absolute Gasteiger partial charge is 0.319 e. The Morgan fingerprint density at radius 3 is 2.70 bits per heavy atom. The number of urea groups is 1. The van der Waals surface area contributed by atoms with Crippen LogP contribution in [0.15, 0.2) is 24.3 Å². The van der Waals surface area contributed by atoms with Crippen molar-refractivity contribution < 1.29 is 9.72 Å². The van der Waals surface area contributed by atoms with Crippen LogP contribution in [0.2, 0.25) is 0 Å². The van der Waals surface area contributed by atoms with Crippen LogP contribution in [-0.4, -0.2) is 29.6 Å². The zero-order valence-corrected chi connectivity index (χ0v) is 11.3. The Bertz CT molecular complexity index is 489. The van der Waals surface area contributed by atoms with Crippen LogP contribution >= 0.6 is 0 Å². The molecule has 1 aromatic carbocycles. The number of amides is 2. The lowest BCUT2D eigenvalue weighted by Crippen LogP contribution is -2.47. The third kappa shape index (κ3) is 3.92. The molecule has 2 amide bonds. The maximum absolute atomic E-state index is 11.8. The highest BCUT2D eigenvalue weighted by Crippen LogP contribution is 2.15. The molecule has 0 spiro atoms. The van der Waals surface area contributed by atoms with Crippen molar-refractivity contribution in [2.75, 3.05) is 11.9 Å². The second kappa shape index (κ2) is 6.33. The zero-order chi connectivity index (χ0) is 14.5. The lowest BCUT2D eigenvalue weighted by Gasteiger charge is -2.28. The average molecular weight is 278 g/mol. The van der Waals surface area contributed by atoms with Gasteiger partial charge in [-0.15, -0.1) is 0 Å². The van der Waals surface area contributed by atoms with Crippen molar-refractivity contribution in [3.63, 3.8) is 0 Å². The Morgan fingerprint density at radius 2 is 2.10 bits per heavy atom. The van der Waals surface area contributed by atoms with Gasteiger partial charge < -0.3 is 16.0 Å².